The highest BCUT2D eigenvalue weighted by molar-refractivity contribution is 5.66. The summed E-state index contributed by atoms with van der Waals surface area (Å²) in [5.41, 5.74) is 5.52. The maximum atomic E-state index is 4.43. The zero-order valence-electron chi connectivity index (χ0n) is 12.9. The minimum atomic E-state index is 0.792. The van der Waals surface area contributed by atoms with E-state index in [1.54, 1.807) is 0 Å². The van der Waals surface area contributed by atoms with Crippen LogP contribution in [0.15, 0.2) is 67.0 Å². The van der Waals surface area contributed by atoms with Crippen molar-refractivity contribution in [3.63, 3.8) is 0 Å². The minimum Gasteiger partial charge on any atom is -0.334 e. The summed E-state index contributed by atoms with van der Waals surface area (Å²) in [6.45, 7) is 4.87. The molecule has 0 atom stereocenters. The third-order valence-corrected chi connectivity index (χ3v) is 3.72. The number of aromatic nitrogens is 2. The monoisotopic (exact) mass is 289 g/mol. The summed E-state index contributed by atoms with van der Waals surface area (Å²) < 4.78 is 0. The highest BCUT2D eigenvalue weighted by Crippen LogP contribution is 2.30. The second-order valence-electron chi connectivity index (χ2n) is 5.29. The topological polar surface area (TPSA) is 29.0 Å². The molecule has 0 saturated carbocycles. The van der Waals surface area contributed by atoms with E-state index < -0.39 is 0 Å². The highest BCUT2D eigenvalue weighted by Gasteiger charge is 2.15. The summed E-state index contributed by atoms with van der Waals surface area (Å²) in [4.78, 5) is 11.1. The molecule has 2 aromatic heterocycles. The summed E-state index contributed by atoms with van der Waals surface area (Å²) in [5, 5.41) is 0. The Labute approximate surface area is 131 Å². The SMILES string of the molecule is Cc1ncccc1N(Cc1ccccc1)c1cccnc1C. The average Bonchev–Trinajstić information content (AvgIpc) is 2.55. The zero-order valence-corrected chi connectivity index (χ0v) is 12.9. The van der Waals surface area contributed by atoms with Crippen molar-refractivity contribution in [3.05, 3.63) is 83.9 Å². The highest BCUT2D eigenvalue weighted by atomic mass is 15.2. The molecule has 0 aliphatic rings. The first-order chi connectivity index (χ1) is 10.8. The molecule has 3 aromatic rings. The summed E-state index contributed by atoms with van der Waals surface area (Å²) >= 11 is 0. The number of nitrogens with zero attached hydrogens (tertiary/aromatic N) is 3. The van der Waals surface area contributed by atoms with Gasteiger partial charge in [-0.1, -0.05) is 30.3 Å². The molecular formula is C19H19N3. The van der Waals surface area contributed by atoms with E-state index in [1.807, 2.05) is 44.4 Å². The number of pyridine rings is 2. The van der Waals surface area contributed by atoms with Crippen molar-refractivity contribution >= 4 is 11.4 Å². The van der Waals surface area contributed by atoms with Crippen molar-refractivity contribution in [2.75, 3.05) is 4.90 Å². The van der Waals surface area contributed by atoms with Crippen LogP contribution in [0.2, 0.25) is 0 Å². The molecule has 0 aliphatic heterocycles. The van der Waals surface area contributed by atoms with Crippen LogP contribution in [0.25, 0.3) is 0 Å². The zero-order chi connectivity index (χ0) is 15.4. The lowest BCUT2D eigenvalue weighted by Crippen LogP contribution is -2.19. The van der Waals surface area contributed by atoms with Gasteiger partial charge in [0.15, 0.2) is 0 Å². The first-order valence-electron chi connectivity index (χ1n) is 7.40. The Hall–Kier alpha value is -2.68. The third-order valence-electron chi connectivity index (χ3n) is 3.72. The van der Waals surface area contributed by atoms with Crippen LogP contribution in [0.1, 0.15) is 17.0 Å². The second kappa shape index (κ2) is 6.39. The Bertz CT molecular complexity index is 708. The number of benzene rings is 1. The number of hydrogen-bond donors (Lipinski definition) is 0. The number of anilines is 2. The molecule has 3 nitrogen and oxygen atoms in total. The van der Waals surface area contributed by atoms with Crippen LogP contribution in [0, 0.1) is 13.8 Å². The fraction of sp³-hybridized carbons (Fsp3) is 0.158. The molecule has 0 unspecified atom stereocenters. The number of hydrogen-bond acceptors (Lipinski definition) is 3. The van der Waals surface area contributed by atoms with Gasteiger partial charge in [0.25, 0.3) is 0 Å². The van der Waals surface area contributed by atoms with Gasteiger partial charge in [-0.05, 0) is 43.7 Å². The minimum absolute atomic E-state index is 0.792. The molecule has 3 heteroatoms. The van der Waals surface area contributed by atoms with Crippen molar-refractivity contribution in [3.8, 4) is 0 Å². The van der Waals surface area contributed by atoms with Crippen LogP contribution in [0.4, 0.5) is 11.4 Å². The summed E-state index contributed by atoms with van der Waals surface area (Å²) in [6.07, 6.45) is 3.66. The predicted octanol–water partition coefficient (Wildman–Crippen LogP) is 4.43. The molecule has 1 aromatic carbocycles. The standard InChI is InChI=1S/C19H19N3/c1-15-18(10-6-12-20-15)22(14-17-8-4-3-5-9-17)19-11-7-13-21-16(19)2/h3-13H,14H2,1-2H3. The normalized spacial score (nSPS) is 10.5. The van der Waals surface area contributed by atoms with E-state index in [0.717, 1.165) is 29.3 Å². The van der Waals surface area contributed by atoms with Crippen molar-refractivity contribution in [1.82, 2.24) is 9.97 Å². The van der Waals surface area contributed by atoms with E-state index >= 15 is 0 Å². The Morgan fingerprint density at radius 1 is 0.727 bits per heavy atom. The maximum absolute atomic E-state index is 4.43. The molecule has 2 heterocycles. The van der Waals surface area contributed by atoms with Crippen LogP contribution in [0.3, 0.4) is 0 Å². The van der Waals surface area contributed by atoms with E-state index in [4.69, 9.17) is 0 Å². The quantitative estimate of drug-likeness (QED) is 0.711. The molecule has 110 valence electrons. The molecular weight excluding hydrogens is 270 g/mol. The van der Waals surface area contributed by atoms with Crippen molar-refractivity contribution in [2.45, 2.75) is 20.4 Å². The van der Waals surface area contributed by atoms with Gasteiger partial charge in [-0.25, -0.2) is 0 Å². The Morgan fingerprint density at radius 3 is 1.77 bits per heavy atom. The predicted molar refractivity (Wildman–Crippen MR) is 90.2 cm³/mol. The van der Waals surface area contributed by atoms with Crippen LogP contribution in [0.5, 0.6) is 0 Å². The Balaban J connectivity index is 2.07. The van der Waals surface area contributed by atoms with Gasteiger partial charge in [-0.15, -0.1) is 0 Å². The van der Waals surface area contributed by atoms with E-state index in [0.29, 0.717) is 0 Å². The van der Waals surface area contributed by atoms with Gasteiger partial charge in [0.05, 0.1) is 22.8 Å². The molecule has 3 rings (SSSR count). The fourth-order valence-corrected chi connectivity index (χ4v) is 2.59. The van der Waals surface area contributed by atoms with Crippen LogP contribution < -0.4 is 4.90 Å². The van der Waals surface area contributed by atoms with Gasteiger partial charge in [0, 0.05) is 18.9 Å². The Morgan fingerprint density at radius 2 is 1.27 bits per heavy atom. The van der Waals surface area contributed by atoms with E-state index in [-0.39, 0.29) is 0 Å². The first kappa shape index (κ1) is 14.3. The third kappa shape index (κ3) is 2.98. The number of aryl methyl sites for hydroxylation is 2. The molecule has 0 aliphatic carbocycles. The van der Waals surface area contributed by atoms with Crippen LogP contribution in [-0.4, -0.2) is 9.97 Å². The molecule has 0 bridgehead atoms. The summed E-state index contributed by atoms with van der Waals surface area (Å²) in [6, 6.07) is 18.6. The van der Waals surface area contributed by atoms with Crippen molar-refractivity contribution in [2.24, 2.45) is 0 Å². The van der Waals surface area contributed by atoms with Gasteiger partial charge < -0.3 is 4.90 Å². The largest absolute Gasteiger partial charge is 0.334 e. The lowest BCUT2D eigenvalue weighted by Gasteiger charge is -2.27. The van der Waals surface area contributed by atoms with Gasteiger partial charge in [0.1, 0.15) is 0 Å². The molecule has 22 heavy (non-hydrogen) atoms. The van der Waals surface area contributed by atoms with E-state index in [2.05, 4.69) is 51.3 Å². The second-order valence-corrected chi connectivity index (χ2v) is 5.29. The lowest BCUT2D eigenvalue weighted by molar-refractivity contribution is 0.941. The molecule has 0 saturated heterocycles. The summed E-state index contributed by atoms with van der Waals surface area (Å²) in [7, 11) is 0. The average molecular weight is 289 g/mol. The molecule has 0 amide bonds. The lowest BCUT2D eigenvalue weighted by atomic mass is 10.1. The fourth-order valence-electron chi connectivity index (χ4n) is 2.59. The van der Waals surface area contributed by atoms with Gasteiger partial charge >= 0.3 is 0 Å². The van der Waals surface area contributed by atoms with Gasteiger partial charge in [-0.3, -0.25) is 9.97 Å². The van der Waals surface area contributed by atoms with Crippen LogP contribution >= 0.6 is 0 Å². The molecule has 0 radical (unpaired) electrons. The first-order valence-corrected chi connectivity index (χ1v) is 7.40. The van der Waals surface area contributed by atoms with E-state index in [1.165, 1.54) is 5.56 Å². The van der Waals surface area contributed by atoms with Gasteiger partial charge in [0.2, 0.25) is 0 Å². The number of rotatable bonds is 4. The van der Waals surface area contributed by atoms with E-state index in [9.17, 15) is 0 Å². The smallest absolute Gasteiger partial charge is 0.0630 e. The Kier molecular flexibility index (Phi) is 4.15. The van der Waals surface area contributed by atoms with Crippen molar-refractivity contribution in [1.29, 1.82) is 0 Å². The maximum Gasteiger partial charge on any atom is 0.0630 e. The summed E-state index contributed by atoms with van der Waals surface area (Å²) in [5.74, 6) is 0. The molecule has 0 spiro atoms. The molecule has 0 N–H and O–H groups in total. The van der Waals surface area contributed by atoms with Gasteiger partial charge in [-0.2, -0.15) is 0 Å². The molecule has 0 fully saturated rings. The van der Waals surface area contributed by atoms with Crippen LogP contribution in [-0.2, 0) is 6.54 Å². The van der Waals surface area contributed by atoms with Crippen molar-refractivity contribution < 1.29 is 0 Å².